The summed E-state index contributed by atoms with van der Waals surface area (Å²) < 4.78 is 5.87. The Morgan fingerprint density at radius 1 is 1.30 bits per heavy atom. The molecule has 0 bridgehead atoms. The van der Waals surface area contributed by atoms with E-state index in [4.69, 9.17) is 10.5 Å². The minimum atomic E-state index is -0.717. The van der Waals surface area contributed by atoms with Crippen LogP contribution < -0.4 is 10.5 Å². The molecule has 1 aliphatic rings. The Labute approximate surface area is 173 Å². The van der Waals surface area contributed by atoms with Crippen molar-refractivity contribution in [3.05, 3.63) is 59.1 Å². The summed E-state index contributed by atoms with van der Waals surface area (Å²) in [5.74, 6) is 1.02. The number of fused-ring (bicyclic) bond motifs is 1. The zero-order valence-electron chi connectivity index (χ0n) is 16.2. The van der Waals surface area contributed by atoms with Gasteiger partial charge in [0, 0.05) is 23.6 Å². The van der Waals surface area contributed by atoms with E-state index in [0.29, 0.717) is 36.6 Å². The molecule has 8 heteroatoms. The molecule has 3 N–H and O–H groups in total. The second-order valence-electron chi connectivity index (χ2n) is 7.34. The predicted molar refractivity (Wildman–Crippen MR) is 112 cm³/mol. The normalized spacial score (nSPS) is 16.9. The van der Waals surface area contributed by atoms with Crippen LogP contribution in [0.25, 0.3) is 10.9 Å². The number of H-pyrrole nitrogens is 1. The molecule has 1 unspecified atom stereocenters. The molecule has 2 aromatic carbocycles. The number of nitrogens with two attached hydrogens (primary N) is 1. The van der Waals surface area contributed by atoms with Crippen LogP contribution in [-0.4, -0.2) is 34.4 Å². The maximum absolute atomic E-state index is 12.7. The van der Waals surface area contributed by atoms with E-state index in [-0.39, 0.29) is 11.9 Å². The third kappa shape index (κ3) is 3.88. The fraction of sp³-hybridized carbons (Fsp3) is 0.273. The van der Waals surface area contributed by atoms with Gasteiger partial charge in [0.1, 0.15) is 23.2 Å². The fourth-order valence-corrected chi connectivity index (χ4v) is 3.80. The van der Waals surface area contributed by atoms with Gasteiger partial charge in [-0.1, -0.05) is 0 Å². The molecule has 2 atom stereocenters. The number of ether oxygens (including phenoxy) is 1. The molecule has 0 radical (unpaired) electrons. The molecule has 8 nitrogen and oxygen atoms in total. The van der Waals surface area contributed by atoms with Crippen LogP contribution in [0.2, 0.25) is 0 Å². The van der Waals surface area contributed by atoms with Gasteiger partial charge < -0.3 is 20.4 Å². The van der Waals surface area contributed by atoms with E-state index in [1.807, 2.05) is 24.4 Å². The molecule has 30 heavy (non-hydrogen) atoms. The number of amides is 1. The van der Waals surface area contributed by atoms with Crippen LogP contribution in [-0.2, 0) is 11.2 Å². The van der Waals surface area contributed by atoms with Gasteiger partial charge >= 0.3 is 0 Å². The van der Waals surface area contributed by atoms with E-state index >= 15 is 0 Å². The average molecular weight is 403 g/mol. The summed E-state index contributed by atoms with van der Waals surface area (Å²) in [6.07, 6.45) is 3.73. The van der Waals surface area contributed by atoms with Gasteiger partial charge in [0.15, 0.2) is 0 Å². The van der Waals surface area contributed by atoms with E-state index in [1.165, 1.54) is 0 Å². The van der Waals surface area contributed by atoms with Crippen molar-refractivity contribution < 1.29 is 9.53 Å². The number of benzene rings is 2. The summed E-state index contributed by atoms with van der Waals surface area (Å²) in [7, 11) is 0. The van der Waals surface area contributed by atoms with Crippen molar-refractivity contribution in [1.82, 2.24) is 9.88 Å². The number of rotatable bonds is 6. The van der Waals surface area contributed by atoms with Gasteiger partial charge in [0.05, 0.1) is 12.1 Å². The lowest BCUT2D eigenvalue weighted by Crippen LogP contribution is -2.46. The molecule has 0 spiro atoms. The second-order valence-corrected chi connectivity index (χ2v) is 7.34. The first-order valence-corrected chi connectivity index (χ1v) is 9.76. The second kappa shape index (κ2) is 8.35. The number of aromatic nitrogens is 1. The molecule has 0 saturated carbocycles. The highest BCUT2D eigenvalue weighted by atomic mass is 16.5. The number of nitrogens with zero attached hydrogens (tertiary/aromatic N) is 3. The van der Waals surface area contributed by atoms with Crippen molar-refractivity contribution in [2.75, 3.05) is 6.54 Å². The number of hydrogen-bond acceptors (Lipinski definition) is 6. The van der Waals surface area contributed by atoms with Gasteiger partial charge in [-0.15, -0.1) is 4.91 Å². The van der Waals surface area contributed by atoms with Gasteiger partial charge in [-0.2, -0.15) is 5.26 Å². The fourth-order valence-electron chi connectivity index (χ4n) is 3.80. The summed E-state index contributed by atoms with van der Waals surface area (Å²) in [6, 6.07) is 13.2. The zero-order chi connectivity index (χ0) is 21.1. The van der Waals surface area contributed by atoms with Gasteiger partial charge in [-0.25, -0.2) is 0 Å². The van der Waals surface area contributed by atoms with E-state index in [2.05, 4.69) is 16.2 Å². The van der Waals surface area contributed by atoms with Crippen LogP contribution in [0.1, 0.15) is 18.4 Å². The van der Waals surface area contributed by atoms with Crippen LogP contribution in [0, 0.1) is 16.2 Å². The van der Waals surface area contributed by atoms with Crippen molar-refractivity contribution in [1.29, 1.82) is 5.26 Å². The lowest BCUT2D eigenvalue weighted by molar-refractivity contribution is -0.132. The summed E-state index contributed by atoms with van der Waals surface area (Å²) in [5, 5.41) is 13.0. The maximum atomic E-state index is 12.7. The van der Waals surface area contributed by atoms with Gasteiger partial charge in [-0.3, -0.25) is 4.79 Å². The number of nitriles is 1. The SMILES string of the molecule is N#C[C@@H]1CCCN1C(=O)C(N)Cc1c[nH]c2ccc(Oc3ccc(N=O)cc3)cc12. The smallest absolute Gasteiger partial charge is 0.240 e. The van der Waals surface area contributed by atoms with Crippen LogP contribution in [0.4, 0.5) is 5.69 Å². The first-order chi connectivity index (χ1) is 14.6. The molecule has 3 aromatic rings. The Morgan fingerprint density at radius 2 is 2.07 bits per heavy atom. The topological polar surface area (TPSA) is 125 Å². The Kier molecular flexibility index (Phi) is 5.46. The Morgan fingerprint density at radius 3 is 2.80 bits per heavy atom. The first-order valence-electron chi connectivity index (χ1n) is 9.76. The van der Waals surface area contributed by atoms with Gasteiger partial charge in [-0.05, 0) is 72.5 Å². The molecular formula is C22H21N5O3. The van der Waals surface area contributed by atoms with Crippen molar-refractivity contribution in [2.45, 2.75) is 31.3 Å². The van der Waals surface area contributed by atoms with Gasteiger partial charge in [0.25, 0.3) is 0 Å². The van der Waals surface area contributed by atoms with Crippen LogP contribution in [0.15, 0.2) is 53.8 Å². The quantitative estimate of drug-likeness (QED) is 0.607. The third-order valence-electron chi connectivity index (χ3n) is 5.36. The number of nitroso groups, excluding NO2 is 1. The van der Waals surface area contributed by atoms with Crippen LogP contribution >= 0.6 is 0 Å². The molecule has 1 saturated heterocycles. The molecule has 0 aliphatic carbocycles. The largest absolute Gasteiger partial charge is 0.457 e. The zero-order valence-corrected chi connectivity index (χ0v) is 16.2. The van der Waals surface area contributed by atoms with E-state index in [1.54, 1.807) is 29.2 Å². The summed E-state index contributed by atoms with van der Waals surface area (Å²) in [4.78, 5) is 28.0. The standard InChI is InChI=1S/C22H21N5O3/c23-12-16-2-1-9-27(16)22(28)20(24)10-14-13-25-21-8-7-18(11-19(14)21)30-17-5-3-15(26-29)4-6-17/h3-8,11,13,16,20,25H,1-2,9-10,24H2/t16-,20?/m0/s1. The van der Waals surface area contributed by atoms with E-state index < -0.39 is 6.04 Å². The number of carbonyl (C=O) groups is 1. The Hall–Kier alpha value is -3.70. The highest BCUT2D eigenvalue weighted by Gasteiger charge is 2.31. The Balaban J connectivity index is 1.51. The summed E-state index contributed by atoms with van der Waals surface area (Å²) in [5.41, 5.74) is 8.36. The monoisotopic (exact) mass is 403 g/mol. The molecule has 152 valence electrons. The van der Waals surface area contributed by atoms with Crippen molar-refractivity contribution in [3.63, 3.8) is 0 Å². The van der Waals surface area contributed by atoms with Gasteiger partial charge in [0.2, 0.25) is 5.91 Å². The molecule has 1 aromatic heterocycles. The highest BCUT2D eigenvalue weighted by molar-refractivity contribution is 5.87. The highest BCUT2D eigenvalue weighted by Crippen LogP contribution is 2.29. The third-order valence-corrected chi connectivity index (χ3v) is 5.36. The lowest BCUT2D eigenvalue weighted by Gasteiger charge is -2.23. The number of nitrogens with one attached hydrogen (secondary N) is 1. The maximum Gasteiger partial charge on any atom is 0.240 e. The van der Waals surface area contributed by atoms with Crippen molar-refractivity contribution >= 4 is 22.5 Å². The lowest BCUT2D eigenvalue weighted by atomic mass is 10.0. The Bertz CT molecular complexity index is 1120. The molecular weight excluding hydrogens is 382 g/mol. The summed E-state index contributed by atoms with van der Waals surface area (Å²) >= 11 is 0. The predicted octanol–water partition coefficient (Wildman–Crippen LogP) is 3.74. The summed E-state index contributed by atoms with van der Waals surface area (Å²) in [6.45, 7) is 0.578. The molecule has 2 heterocycles. The number of likely N-dealkylation sites (tertiary alicyclic amines) is 1. The molecule has 4 rings (SSSR count). The molecule has 1 aliphatic heterocycles. The first kappa shape index (κ1) is 19.6. The van der Waals surface area contributed by atoms with E-state index in [0.717, 1.165) is 22.9 Å². The number of carbonyl (C=O) groups excluding carboxylic acids is 1. The average Bonchev–Trinajstić information content (AvgIpc) is 3.40. The minimum absolute atomic E-state index is 0.190. The van der Waals surface area contributed by atoms with Crippen molar-refractivity contribution in [3.8, 4) is 17.6 Å². The molecule has 1 amide bonds. The van der Waals surface area contributed by atoms with E-state index in [9.17, 15) is 15.0 Å². The van der Waals surface area contributed by atoms with Crippen LogP contribution in [0.5, 0.6) is 11.5 Å². The minimum Gasteiger partial charge on any atom is -0.457 e. The van der Waals surface area contributed by atoms with Crippen molar-refractivity contribution in [2.24, 2.45) is 10.9 Å². The van der Waals surface area contributed by atoms with Crippen LogP contribution in [0.3, 0.4) is 0 Å². The molecule has 1 fully saturated rings. The number of aromatic amines is 1. The number of hydrogen-bond donors (Lipinski definition) is 2.